The largest absolute Gasteiger partial charge is 0.394 e. The molecule has 0 fully saturated rings. The first-order valence-electron chi connectivity index (χ1n) is 36.6. The van der Waals surface area contributed by atoms with Gasteiger partial charge in [0.25, 0.3) is 0 Å². The zero-order chi connectivity index (χ0) is 78.0. The third kappa shape index (κ3) is 49.4. The van der Waals surface area contributed by atoms with Gasteiger partial charge in [0.1, 0.15) is 55.2 Å². The van der Waals surface area contributed by atoms with E-state index in [1.54, 1.807) is 19.0 Å². The Hall–Kier alpha value is -8.07. The van der Waals surface area contributed by atoms with Crippen LogP contribution in [0.5, 0.6) is 0 Å². The first-order chi connectivity index (χ1) is 50.3. The number of aliphatic hydroxyl groups excluding tert-OH is 3. The van der Waals surface area contributed by atoms with Crippen molar-refractivity contribution in [2.24, 2.45) is 11.5 Å². The number of aromatic amines is 1. The average Bonchev–Trinajstić information content (AvgIpc) is 1.26. The molecule has 0 aliphatic heterocycles. The van der Waals surface area contributed by atoms with Gasteiger partial charge in [0.05, 0.1) is 65.4 Å². The maximum Gasteiger partial charge on any atom is 0.246 e. The monoisotopic (exact) mass is 1500 g/mol. The van der Waals surface area contributed by atoms with E-state index in [-0.39, 0.29) is 95.9 Å². The minimum absolute atomic E-state index is 0.00975. The van der Waals surface area contributed by atoms with Crippen LogP contribution >= 0.6 is 0 Å². The Kier molecular flexibility index (Phi) is 54.3. The predicted octanol–water partition coefficient (Wildman–Crippen LogP) is -2.78. The fraction of sp³-hybridized carbons (Fsp3) is 0.779. The van der Waals surface area contributed by atoms with Crippen LogP contribution in [0.1, 0.15) is 193 Å². The van der Waals surface area contributed by atoms with Crippen LogP contribution in [-0.2, 0) is 92.5 Å². The number of ether oxygens (including phenoxy) is 4. The molecule has 1 rings (SSSR count). The van der Waals surface area contributed by atoms with Crippen molar-refractivity contribution in [1.82, 2.24) is 73.4 Å². The summed E-state index contributed by atoms with van der Waals surface area (Å²) in [5.41, 5.74) is 10.7. The van der Waals surface area contributed by atoms with Crippen molar-refractivity contribution in [3.63, 3.8) is 0 Å². The van der Waals surface area contributed by atoms with E-state index in [4.69, 9.17) is 30.4 Å². The van der Waals surface area contributed by atoms with E-state index in [0.717, 1.165) is 44.3 Å². The second kappa shape index (κ2) is 60.1. The Labute approximate surface area is 614 Å². The Bertz CT molecular complexity index is 2730. The smallest absolute Gasteiger partial charge is 0.246 e. The number of aryl methyl sites for hydroxylation is 1. The standard InChI is InChI=1S/C68H120N16O21/c1-5-6-24-49(47(2)88)73-60(93)27-20-25-56(90)53(42-85)78-64(97)50(28-30-57(69)91)75-66(99)52(32-34-84(3)4)77-68(101)55(44-87)79-65(98)51(29-31-58(70)92)76-67(100)54(43-86)74-61(94)41-72-63(96)46-105-40-38-103-36-33-71-62(95)45-104-39-37-102-35-21-23-48(89)22-18-16-14-12-10-8-7-9-11-13-15-17-19-26-59-80-82-83-81-59/h49-55,85-87H,5-46H2,1-4H3,(H2,69,91)(H2,70,92)(H,71,95)(H,72,96)(H,73,93)(H,74,94)(H,75,99)(H,76,100)(H,77,101)(H,78,97)(H,79,98)(H,80,81,82,83)/t49-,50-,51-,52-,53-,54+,55-/m0/s1. The van der Waals surface area contributed by atoms with Crippen molar-refractivity contribution in [2.45, 2.75) is 236 Å². The van der Waals surface area contributed by atoms with Gasteiger partial charge in [0, 0.05) is 58.1 Å². The number of nitrogens with two attached hydrogens (primary N) is 2. The summed E-state index contributed by atoms with van der Waals surface area (Å²) < 4.78 is 21.5. The lowest BCUT2D eigenvalue weighted by Gasteiger charge is -2.27. The van der Waals surface area contributed by atoms with Gasteiger partial charge in [0.2, 0.25) is 65.0 Å². The molecular weight excluding hydrogens is 1380 g/mol. The van der Waals surface area contributed by atoms with Crippen molar-refractivity contribution >= 4 is 82.3 Å². The minimum Gasteiger partial charge on any atom is -0.394 e. The Morgan fingerprint density at radius 3 is 1.38 bits per heavy atom. The number of H-pyrrole nitrogens is 1. The van der Waals surface area contributed by atoms with Crippen LogP contribution in [0.2, 0.25) is 0 Å². The molecule has 1 aromatic rings. The molecule has 11 amide bonds. The molecule has 0 aliphatic rings. The van der Waals surface area contributed by atoms with Crippen LogP contribution in [0.25, 0.3) is 0 Å². The molecule has 0 aromatic carbocycles. The van der Waals surface area contributed by atoms with Crippen molar-refractivity contribution in [3.05, 3.63) is 5.82 Å². The van der Waals surface area contributed by atoms with E-state index in [1.165, 1.54) is 64.7 Å². The molecule has 0 aliphatic carbocycles. The number of hydrogen-bond acceptors (Lipinski definition) is 25. The number of aliphatic hydroxyl groups is 3. The highest BCUT2D eigenvalue weighted by Gasteiger charge is 2.34. The van der Waals surface area contributed by atoms with Crippen LogP contribution in [0.4, 0.5) is 0 Å². The summed E-state index contributed by atoms with van der Waals surface area (Å²) in [4.78, 5) is 181. The molecule has 0 radical (unpaired) electrons. The normalized spacial score (nSPS) is 13.2. The highest BCUT2D eigenvalue weighted by molar-refractivity contribution is 5.98. The third-order valence-electron chi connectivity index (χ3n) is 16.4. The number of Topliss-reactive ketones (excluding diaryl/α,β-unsaturated/α-hetero) is 3. The summed E-state index contributed by atoms with van der Waals surface area (Å²) >= 11 is 0. The van der Waals surface area contributed by atoms with Crippen LogP contribution in [-0.4, -0.2) is 272 Å². The van der Waals surface area contributed by atoms with Gasteiger partial charge in [0.15, 0.2) is 17.4 Å². The van der Waals surface area contributed by atoms with E-state index in [0.29, 0.717) is 38.7 Å². The van der Waals surface area contributed by atoms with E-state index in [2.05, 4.69) is 68.5 Å². The molecule has 1 heterocycles. The summed E-state index contributed by atoms with van der Waals surface area (Å²) in [6.07, 6.45) is 17.6. The molecule has 7 atom stereocenters. The van der Waals surface area contributed by atoms with Gasteiger partial charge in [-0.1, -0.05) is 95.6 Å². The molecule has 17 N–H and O–H groups in total. The quantitative estimate of drug-likeness (QED) is 0.0293. The fourth-order valence-electron chi connectivity index (χ4n) is 10.3. The lowest BCUT2D eigenvalue weighted by molar-refractivity contribution is -0.136. The predicted molar refractivity (Wildman–Crippen MR) is 380 cm³/mol. The summed E-state index contributed by atoms with van der Waals surface area (Å²) in [6, 6.07) is -10.7. The van der Waals surface area contributed by atoms with Crippen LogP contribution < -0.4 is 59.3 Å². The van der Waals surface area contributed by atoms with Gasteiger partial charge in [-0.2, -0.15) is 5.21 Å². The third-order valence-corrected chi connectivity index (χ3v) is 16.4. The average molecular weight is 1500 g/mol. The summed E-state index contributed by atoms with van der Waals surface area (Å²) in [7, 11) is 3.27. The second-order valence-electron chi connectivity index (χ2n) is 25.8. The highest BCUT2D eigenvalue weighted by Crippen LogP contribution is 2.15. The molecular formula is C68H120N16O21. The molecule has 1 aromatic heterocycles. The Balaban J connectivity index is 2.50. The number of ketones is 3. The summed E-state index contributed by atoms with van der Waals surface area (Å²) in [5, 5.41) is 65.7. The van der Waals surface area contributed by atoms with Gasteiger partial charge in [-0.15, -0.1) is 10.2 Å². The SMILES string of the molecule is CCCC[C@H](NC(=O)CCCC(=O)[C@H](CO)NC(=O)[C@H](CCC(N)=O)NC(=O)[C@H](CCN(C)C)NC(=O)[C@H](CO)NC(=O)[C@H](CCC(N)=O)NC(=O)[C@@H](CO)NC(=O)CNC(=O)COCCOCCNC(=O)COCCOCCCC(=O)CCCCCCCCCCCCCCCc1nn[nH]n1)C(C)=O. The van der Waals surface area contributed by atoms with E-state index in [1.807, 2.05) is 6.92 Å². The number of carbonyl (C=O) groups excluding carboxylic acids is 14. The molecule has 0 saturated heterocycles. The first-order valence-corrected chi connectivity index (χ1v) is 36.6. The number of carbonyl (C=O) groups is 14. The lowest BCUT2D eigenvalue weighted by Crippen LogP contribution is -2.61. The Morgan fingerprint density at radius 2 is 0.886 bits per heavy atom. The zero-order valence-corrected chi connectivity index (χ0v) is 61.9. The molecule has 105 heavy (non-hydrogen) atoms. The lowest BCUT2D eigenvalue weighted by atomic mass is 10.0. The number of unbranched alkanes of at least 4 members (excludes halogenated alkanes) is 13. The molecule has 598 valence electrons. The van der Waals surface area contributed by atoms with Crippen molar-refractivity contribution < 1.29 is 101 Å². The Morgan fingerprint density at radius 1 is 0.438 bits per heavy atom. The number of amides is 11. The fourth-order valence-corrected chi connectivity index (χ4v) is 10.3. The number of aromatic nitrogens is 4. The van der Waals surface area contributed by atoms with Crippen molar-refractivity contribution in [3.8, 4) is 0 Å². The van der Waals surface area contributed by atoms with Gasteiger partial charge in [-0.3, -0.25) is 67.1 Å². The highest BCUT2D eigenvalue weighted by atomic mass is 16.5. The van der Waals surface area contributed by atoms with Crippen molar-refractivity contribution in [1.29, 1.82) is 0 Å². The van der Waals surface area contributed by atoms with Crippen molar-refractivity contribution in [2.75, 3.05) is 106 Å². The van der Waals surface area contributed by atoms with E-state index >= 15 is 0 Å². The number of rotatable bonds is 68. The molecule has 37 nitrogen and oxygen atoms in total. The summed E-state index contributed by atoms with van der Waals surface area (Å²) in [5.74, 6) is -9.85. The minimum atomic E-state index is -1.86. The van der Waals surface area contributed by atoms with Gasteiger partial charge in [-0.25, -0.2) is 0 Å². The zero-order valence-electron chi connectivity index (χ0n) is 61.9. The molecule has 37 heteroatoms. The van der Waals surface area contributed by atoms with Gasteiger partial charge < -0.3 is 98.5 Å². The number of nitrogens with one attached hydrogen (secondary N) is 10. The molecule has 0 spiro atoms. The van der Waals surface area contributed by atoms with Gasteiger partial charge >= 0.3 is 0 Å². The number of hydrogen-bond donors (Lipinski definition) is 15. The van der Waals surface area contributed by atoms with Crippen LogP contribution in [0.3, 0.4) is 0 Å². The molecule has 0 unspecified atom stereocenters. The van der Waals surface area contributed by atoms with E-state index in [9.17, 15) is 82.4 Å². The summed E-state index contributed by atoms with van der Waals surface area (Å²) in [6.45, 7) is 0.116. The molecule has 0 bridgehead atoms. The van der Waals surface area contributed by atoms with E-state index < -0.39 is 166 Å². The first kappa shape index (κ1) is 94.9. The number of nitrogens with zero attached hydrogens (tertiary/aromatic N) is 4. The topological polar surface area (TPSA) is 555 Å². The second-order valence-corrected chi connectivity index (χ2v) is 25.8. The number of primary amides is 2. The maximum absolute atomic E-state index is 13.9. The van der Waals surface area contributed by atoms with Crippen LogP contribution in [0.15, 0.2) is 0 Å². The maximum atomic E-state index is 13.9. The van der Waals surface area contributed by atoms with Gasteiger partial charge in [-0.05, 0) is 78.9 Å². The van der Waals surface area contributed by atoms with Crippen LogP contribution in [0, 0.1) is 0 Å². The molecule has 0 saturated carbocycles. The number of tetrazole rings is 1.